The Morgan fingerprint density at radius 2 is 1.92 bits per heavy atom. The van der Waals surface area contributed by atoms with Crippen molar-refractivity contribution in [1.82, 2.24) is 19.9 Å². The maximum absolute atomic E-state index is 4.65. The lowest BCUT2D eigenvalue weighted by molar-refractivity contribution is 0.888. The van der Waals surface area contributed by atoms with E-state index in [1.807, 2.05) is 24.3 Å². The number of hydrogen-bond donors (Lipinski definition) is 2. The number of nitrogens with zero attached hydrogens (tertiary/aromatic N) is 4. The van der Waals surface area contributed by atoms with Gasteiger partial charge in [0, 0.05) is 30.4 Å². The van der Waals surface area contributed by atoms with Crippen LogP contribution >= 0.6 is 11.3 Å². The first kappa shape index (κ1) is 15.3. The zero-order valence-electron chi connectivity index (χ0n) is 13.7. The molecule has 24 heavy (non-hydrogen) atoms. The summed E-state index contributed by atoms with van der Waals surface area (Å²) >= 11 is 1.84. The van der Waals surface area contributed by atoms with Gasteiger partial charge in [-0.3, -0.25) is 0 Å². The Labute approximate surface area is 144 Å². The molecule has 124 valence electrons. The van der Waals surface area contributed by atoms with Gasteiger partial charge in [-0.1, -0.05) is 0 Å². The van der Waals surface area contributed by atoms with E-state index in [9.17, 15) is 0 Å². The minimum absolute atomic E-state index is 0.674. The van der Waals surface area contributed by atoms with Gasteiger partial charge in [-0.05, 0) is 44.2 Å². The molecule has 0 aromatic carbocycles. The molecule has 6 nitrogen and oxygen atoms in total. The Morgan fingerprint density at radius 1 is 1.08 bits per heavy atom. The monoisotopic (exact) mass is 340 g/mol. The Balaban J connectivity index is 1.41. The Bertz CT molecular complexity index is 845. The zero-order valence-corrected chi connectivity index (χ0v) is 14.5. The van der Waals surface area contributed by atoms with Gasteiger partial charge >= 0.3 is 0 Å². The molecule has 0 amide bonds. The van der Waals surface area contributed by atoms with Gasteiger partial charge in [0.05, 0.1) is 5.39 Å². The molecule has 0 bridgehead atoms. The summed E-state index contributed by atoms with van der Waals surface area (Å²) in [5.74, 6) is 2.50. The lowest BCUT2D eigenvalue weighted by Gasteiger charge is -2.09. The number of thiophene rings is 1. The second-order valence-corrected chi connectivity index (χ2v) is 7.02. The topological polar surface area (TPSA) is 75.6 Å². The third-order valence-electron chi connectivity index (χ3n) is 4.17. The molecule has 0 spiro atoms. The zero-order chi connectivity index (χ0) is 16.4. The minimum atomic E-state index is 0.674. The molecular weight excluding hydrogens is 320 g/mol. The molecule has 0 saturated carbocycles. The first-order valence-electron chi connectivity index (χ1n) is 8.35. The Kier molecular flexibility index (Phi) is 4.25. The van der Waals surface area contributed by atoms with Gasteiger partial charge < -0.3 is 10.6 Å². The van der Waals surface area contributed by atoms with Crippen molar-refractivity contribution in [2.75, 3.05) is 23.7 Å². The van der Waals surface area contributed by atoms with Gasteiger partial charge in [0.2, 0.25) is 5.95 Å². The quantitative estimate of drug-likeness (QED) is 0.671. The van der Waals surface area contributed by atoms with Crippen LogP contribution in [0.15, 0.2) is 18.5 Å². The molecule has 4 rings (SSSR count). The van der Waals surface area contributed by atoms with Crippen molar-refractivity contribution >= 4 is 33.3 Å². The first-order chi connectivity index (χ1) is 11.8. The van der Waals surface area contributed by atoms with E-state index in [2.05, 4.69) is 30.6 Å². The average Bonchev–Trinajstić information content (AvgIpc) is 3.15. The maximum Gasteiger partial charge on any atom is 0.222 e. The molecule has 3 aromatic heterocycles. The number of nitrogens with one attached hydrogen (secondary N) is 2. The molecule has 0 radical (unpaired) electrons. The van der Waals surface area contributed by atoms with Gasteiger partial charge in [-0.2, -0.15) is 0 Å². The molecule has 0 atom stereocenters. The number of rotatable bonds is 6. The average molecular weight is 340 g/mol. The van der Waals surface area contributed by atoms with E-state index in [0.29, 0.717) is 5.95 Å². The maximum atomic E-state index is 4.65. The van der Waals surface area contributed by atoms with Crippen molar-refractivity contribution in [3.63, 3.8) is 0 Å². The number of anilines is 2. The van der Waals surface area contributed by atoms with Crippen LogP contribution in [0, 0.1) is 6.92 Å². The second kappa shape index (κ2) is 6.68. The molecule has 2 N–H and O–H groups in total. The molecular formula is C17H20N6S. The third kappa shape index (κ3) is 3.03. The van der Waals surface area contributed by atoms with E-state index in [1.54, 1.807) is 12.4 Å². The van der Waals surface area contributed by atoms with Crippen molar-refractivity contribution in [2.24, 2.45) is 0 Å². The van der Waals surface area contributed by atoms with Gasteiger partial charge in [0.1, 0.15) is 16.5 Å². The van der Waals surface area contributed by atoms with Crippen LogP contribution in [0.3, 0.4) is 0 Å². The van der Waals surface area contributed by atoms with Gasteiger partial charge in [-0.25, -0.2) is 19.9 Å². The molecule has 0 unspecified atom stereocenters. The van der Waals surface area contributed by atoms with Crippen LogP contribution in [0.25, 0.3) is 10.2 Å². The summed E-state index contributed by atoms with van der Waals surface area (Å²) in [6.07, 6.45) is 8.05. The fraction of sp³-hybridized carbons (Fsp3) is 0.412. The molecule has 7 heteroatoms. The van der Waals surface area contributed by atoms with Crippen LogP contribution < -0.4 is 10.6 Å². The van der Waals surface area contributed by atoms with Gasteiger partial charge in [-0.15, -0.1) is 11.3 Å². The molecule has 0 fully saturated rings. The van der Waals surface area contributed by atoms with Crippen LogP contribution in [0.2, 0.25) is 0 Å². The largest absolute Gasteiger partial charge is 0.369 e. The highest BCUT2D eigenvalue weighted by molar-refractivity contribution is 7.19. The predicted octanol–water partition coefficient (Wildman–Crippen LogP) is 3.19. The van der Waals surface area contributed by atoms with Gasteiger partial charge in [0.25, 0.3) is 0 Å². The van der Waals surface area contributed by atoms with Crippen molar-refractivity contribution in [2.45, 2.75) is 32.6 Å². The Hall–Kier alpha value is -2.28. The summed E-state index contributed by atoms with van der Waals surface area (Å²) in [6, 6.07) is 1.81. The SMILES string of the molecule is Cc1nc(NCCCNc2ncccn2)c2c3c(sc2n1)CCC3. The van der Waals surface area contributed by atoms with Crippen molar-refractivity contribution in [1.29, 1.82) is 0 Å². The molecule has 0 aliphatic heterocycles. The van der Waals surface area contributed by atoms with Crippen LogP contribution in [-0.2, 0) is 12.8 Å². The van der Waals surface area contributed by atoms with E-state index >= 15 is 0 Å². The molecule has 3 heterocycles. The van der Waals surface area contributed by atoms with Crippen LogP contribution in [0.1, 0.15) is 29.1 Å². The van der Waals surface area contributed by atoms with Crippen molar-refractivity contribution < 1.29 is 0 Å². The highest BCUT2D eigenvalue weighted by Gasteiger charge is 2.21. The first-order valence-corrected chi connectivity index (χ1v) is 9.16. The van der Waals surface area contributed by atoms with Gasteiger partial charge in [0.15, 0.2) is 0 Å². The Morgan fingerprint density at radius 3 is 2.79 bits per heavy atom. The highest BCUT2D eigenvalue weighted by Crippen LogP contribution is 2.39. The number of aryl methyl sites for hydroxylation is 3. The van der Waals surface area contributed by atoms with E-state index in [-0.39, 0.29) is 0 Å². The fourth-order valence-electron chi connectivity index (χ4n) is 3.12. The molecule has 0 saturated heterocycles. The van der Waals surface area contributed by atoms with E-state index in [1.165, 1.54) is 28.7 Å². The summed E-state index contributed by atoms with van der Waals surface area (Å²) in [6.45, 7) is 3.64. The summed E-state index contributed by atoms with van der Waals surface area (Å²) in [5.41, 5.74) is 1.47. The van der Waals surface area contributed by atoms with E-state index < -0.39 is 0 Å². The molecule has 1 aliphatic carbocycles. The van der Waals surface area contributed by atoms with Crippen LogP contribution in [-0.4, -0.2) is 33.0 Å². The lowest BCUT2D eigenvalue weighted by atomic mass is 10.2. The third-order valence-corrected chi connectivity index (χ3v) is 5.36. The van der Waals surface area contributed by atoms with Crippen LogP contribution in [0.5, 0.6) is 0 Å². The summed E-state index contributed by atoms with van der Waals surface area (Å²) in [4.78, 5) is 20.2. The van der Waals surface area contributed by atoms with Crippen molar-refractivity contribution in [3.8, 4) is 0 Å². The summed E-state index contributed by atoms with van der Waals surface area (Å²) in [5, 5.41) is 7.98. The summed E-state index contributed by atoms with van der Waals surface area (Å²) in [7, 11) is 0. The molecule has 3 aromatic rings. The number of fused-ring (bicyclic) bond motifs is 3. The fourth-order valence-corrected chi connectivity index (χ4v) is 4.42. The smallest absolute Gasteiger partial charge is 0.222 e. The highest BCUT2D eigenvalue weighted by atomic mass is 32.1. The summed E-state index contributed by atoms with van der Waals surface area (Å²) < 4.78 is 0. The predicted molar refractivity (Wildman–Crippen MR) is 97.8 cm³/mol. The molecule has 1 aliphatic rings. The van der Waals surface area contributed by atoms with Crippen LogP contribution in [0.4, 0.5) is 11.8 Å². The minimum Gasteiger partial charge on any atom is -0.369 e. The van der Waals surface area contributed by atoms with Crippen molar-refractivity contribution in [3.05, 3.63) is 34.7 Å². The lowest BCUT2D eigenvalue weighted by Crippen LogP contribution is -2.12. The van der Waals surface area contributed by atoms with E-state index in [0.717, 1.165) is 42.4 Å². The van der Waals surface area contributed by atoms with E-state index in [4.69, 9.17) is 0 Å². The second-order valence-electron chi connectivity index (χ2n) is 5.94. The number of hydrogen-bond acceptors (Lipinski definition) is 7. The number of aromatic nitrogens is 4. The standard InChI is InChI=1S/C17H20N6S/c1-11-22-15(14-12-5-2-6-13(12)24-16(14)23-11)18-7-3-8-19-17-20-9-4-10-21-17/h4,9-10H,2-3,5-8H2,1H3,(H,18,22,23)(H,19,20,21). The normalized spacial score (nSPS) is 13.2.